The monoisotopic (exact) mass is 326 g/mol. The molecule has 7 nitrogen and oxygen atoms in total. The number of aryl methyl sites for hydroxylation is 1. The summed E-state index contributed by atoms with van der Waals surface area (Å²) in [7, 11) is -3.44. The van der Waals surface area contributed by atoms with Gasteiger partial charge in [0.15, 0.2) is 5.78 Å². The molecule has 0 aliphatic carbocycles. The summed E-state index contributed by atoms with van der Waals surface area (Å²) in [5.74, 6) is -0.389. The van der Waals surface area contributed by atoms with Gasteiger partial charge in [-0.2, -0.15) is 0 Å². The average Bonchev–Trinajstić information content (AvgIpc) is 2.86. The Morgan fingerprint density at radius 2 is 2.05 bits per heavy atom. The van der Waals surface area contributed by atoms with Gasteiger partial charge in [0.05, 0.1) is 25.4 Å². The Labute approximate surface area is 129 Å². The Bertz CT molecular complexity index is 714. The van der Waals surface area contributed by atoms with Crippen LogP contribution in [0.25, 0.3) is 0 Å². The van der Waals surface area contributed by atoms with Crippen LogP contribution in [0.3, 0.4) is 0 Å². The second-order valence-electron chi connectivity index (χ2n) is 5.30. The van der Waals surface area contributed by atoms with Crippen LogP contribution >= 0.6 is 0 Å². The molecule has 0 radical (unpaired) electrons. The van der Waals surface area contributed by atoms with Gasteiger partial charge in [0.1, 0.15) is 0 Å². The molecule has 120 valence electrons. The molecule has 1 aliphatic rings. The number of sulfonamides is 1. The number of hydroxylamine groups is 1. The molecule has 2 rings (SSSR count). The van der Waals surface area contributed by atoms with E-state index in [2.05, 4.69) is 5.32 Å². The molecule has 0 bridgehead atoms. The molecule has 1 aromatic rings. The third-order valence-electron chi connectivity index (χ3n) is 3.37. The second-order valence-corrected chi connectivity index (χ2v) is 7.17. The maximum absolute atomic E-state index is 12.2. The van der Waals surface area contributed by atoms with Crippen LogP contribution in [0.1, 0.15) is 33.2 Å². The number of nitrogens with zero attached hydrogens (tertiary/aromatic N) is 1. The molecule has 8 heteroatoms. The highest BCUT2D eigenvalue weighted by Crippen LogP contribution is 2.14. The van der Waals surface area contributed by atoms with Crippen molar-refractivity contribution in [2.75, 3.05) is 19.4 Å². The van der Waals surface area contributed by atoms with E-state index >= 15 is 0 Å². The fourth-order valence-corrected chi connectivity index (χ4v) is 2.88. The van der Waals surface area contributed by atoms with Crippen molar-refractivity contribution in [3.8, 4) is 0 Å². The predicted molar refractivity (Wildman–Crippen MR) is 79.9 cm³/mol. The second kappa shape index (κ2) is 6.15. The van der Waals surface area contributed by atoms with Crippen molar-refractivity contribution < 1.29 is 22.8 Å². The summed E-state index contributed by atoms with van der Waals surface area (Å²) < 4.78 is 23.6. The van der Waals surface area contributed by atoms with E-state index in [1.54, 1.807) is 25.1 Å². The first-order valence-electron chi connectivity index (χ1n) is 6.71. The fourth-order valence-electron chi connectivity index (χ4n) is 2.18. The number of nitrogens with one attached hydrogen (secondary N) is 1. The number of Topliss-reactive ketones (excluding diaryl/α,β-unsaturated/α-hetero) is 1. The summed E-state index contributed by atoms with van der Waals surface area (Å²) in [6.45, 7) is 3.39. The number of hydrogen-bond donors (Lipinski definition) is 1. The molecule has 22 heavy (non-hydrogen) atoms. The molecule has 0 aromatic heterocycles. The van der Waals surface area contributed by atoms with E-state index in [-0.39, 0.29) is 24.8 Å². The first kappa shape index (κ1) is 16.6. The Morgan fingerprint density at radius 3 is 2.55 bits per heavy atom. The van der Waals surface area contributed by atoms with Gasteiger partial charge in [0, 0.05) is 11.1 Å². The smallest absolute Gasteiger partial charge is 0.251 e. The van der Waals surface area contributed by atoms with Gasteiger partial charge in [0.25, 0.3) is 5.91 Å². The predicted octanol–water partition coefficient (Wildman–Crippen LogP) is 0.503. The number of hydrogen-bond acceptors (Lipinski definition) is 5. The lowest BCUT2D eigenvalue weighted by Crippen LogP contribution is -2.39. The molecular formula is C14H18N2O5S. The molecule has 1 amide bonds. The van der Waals surface area contributed by atoms with E-state index in [0.717, 1.165) is 10.7 Å². The SMILES string of the molecule is CC(=O)c1ccc(C(=O)NC2CON(S(C)(=O)=O)C2)c(C)c1. The number of benzene rings is 1. The quantitative estimate of drug-likeness (QED) is 0.814. The third-order valence-corrected chi connectivity index (χ3v) is 4.37. The zero-order valence-corrected chi connectivity index (χ0v) is 13.4. The van der Waals surface area contributed by atoms with Crippen molar-refractivity contribution in [2.24, 2.45) is 0 Å². The normalized spacial score (nSPS) is 19.1. The Hall–Kier alpha value is -1.77. The highest BCUT2D eigenvalue weighted by molar-refractivity contribution is 7.88. The minimum Gasteiger partial charge on any atom is -0.345 e. The summed E-state index contributed by atoms with van der Waals surface area (Å²) >= 11 is 0. The van der Waals surface area contributed by atoms with E-state index < -0.39 is 16.1 Å². The van der Waals surface area contributed by atoms with Crippen molar-refractivity contribution in [1.29, 1.82) is 0 Å². The van der Waals surface area contributed by atoms with E-state index in [9.17, 15) is 18.0 Å². The summed E-state index contributed by atoms with van der Waals surface area (Å²) in [6, 6.07) is 4.43. The summed E-state index contributed by atoms with van der Waals surface area (Å²) in [6.07, 6.45) is 1.04. The van der Waals surface area contributed by atoms with Gasteiger partial charge in [-0.15, -0.1) is 0 Å². The maximum Gasteiger partial charge on any atom is 0.251 e. The minimum atomic E-state index is -3.44. The molecule has 0 spiro atoms. The van der Waals surface area contributed by atoms with Gasteiger partial charge in [-0.25, -0.2) is 8.42 Å². The summed E-state index contributed by atoms with van der Waals surface area (Å²) in [4.78, 5) is 28.6. The number of carbonyl (C=O) groups excluding carboxylic acids is 2. The first-order chi connectivity index (χ1) is 10.2. The maximum atomic E-state index is 12.2. The fraction of sp³-hybridized carbons (Fsp3) is 0.429. The largest absolute Gasteiger partial charge is 0.345 e. The van der Waals surface area contributed by atoms with Gasteiger partial charge in [-0.1, -0.05) is 10.5 Å². The van der Waals surface area contributed by atoms with Crippen molar-refractivity contribution in [1.82, 2.24) is 9.79 Å². The van der Waals surface area contributed by atoms with Crippen molar-refractivity contribution in [2.45, 2.75) is 19.9 Å². The Balaban J connectivity index is 2.06. The lowest BCUT2D eigenvalue weighted by molar-refractivity contribution is -0.0283. The zero-order valence-electron chi connectivity index (χ0n) is 12.6. The topological polar surface area (TPSA) is 92.8 Å². The van der Waals surface area contributed by atoms with E-state index in [4.69, 9.17) is 4.84 Å². The zero-order chi connectivity index (χ0) is 16.5. The number of amides is 1. The van der Waals surface area contributed by atoms with Crippen LogP contribution < -0.4 is 5.32 Å². The van der Waals surface area contributed by atoms with Gasteiger partial charge < -0.3 is 5.32 Å². The molecule has 1 aliphatic heterocycles. The van der Waals surface area contributed by atoms with Gasteiger partial charge in [-0.3, -0.25) is 14.4 Å². The molecular weight excluding hydrogens is 308 g/mol. The molecule has 1 unspecified atom stereocenters. The van der Waals surface area contributed by atoms with E-state index in [1.807, 2.05) is 0 Å². The third kappa shape index (κ3) is 3.70. The van der Waals surface area contributed by atoms with Crippen LogP contribution in [0.2, 0.25) is 0 Å². The van der Waals surface area contributed by atoms with Crippen LogP contribution in [-0.2, 0) is 14.9 Å². The molecule has 1 fully saturated rings. The number of carbonyl (C=O) groups is 2. The number of ketones is 1. The number of rotatable bonds is 4. The van der Waals surface area contributed by atoms with E-state index in [1.165, 1.54) is 6.92 Å². The minimum absolute atomic E-state index is 0.0666. The molecule has 1 aromatic carbocycles. The standard InChI is InChI=1S/C14H18N2O5S/c1-9-6-11(10(2)17)4-5-13(9)14(18)15-12-7-16(21-8-12)22(3,19)20/h4-6,12H,7-8H2,1-3H3,(H,15,18). The van der Waals surface area contributed by atoms with Crippen LogP contribution in [0.4, 0.5) is 0 Å². The Morgan fingerprint density at radius 1 is 1.36 bits per heavy atom. The molecule has 1 atom stereocenters. The molecule has 1 heterocycles. The highest BCUT2D eigenvalue weighted by atomic mass is 32.2. The molecule has 0 saturated carbocycles. The van der Waals surface area contributed by atoms with Crippen molar-refractivity contribution in [3.05, 3.63) is 34.9 Å². The van der Waals surface area contributed by atoms with Crippen LogP contribution in [0.5, 0.6) is 0 Å². The van der Waals surface area contributed by atoms with Crippen molar-refractivity contribution >= 4 is 21.7 Å². The lowest BCUT2D eigenvalue weighted by atomic mass is 10.0. The average molecular weight is 326 g/mol. The van der Waals surface area contributed by atoms with Crippen LogP contribution in [-0.4, -0.2) is 50.0 Å². The van der Waals surface area contributed by atoms with E-state index in [0.29, 0.717) is 16.7 Å². The molecule has 1 N–H and O–H groups in total. The summed E-state index contributed by atoms with van der Waals surface area (Å²) in [5, 5.41) is 2.73. The first-order valence-corrected chi connectivity index (χ1v) is 8.56. The molecule has 1 saturated heterocycles. The van der Waals surface area contributed by atoms with Gasteiger partial charge >= 0.3 is 0 Å². The van der Waals surface area contributed by atoms with Crippen LogP contribution in [0, 0.1) is 6.92 Å². The summed E-state index contributed by atoms with van der Waals surface area (Å²) in [5.41, 5.74) is 1.67. The van der Waals surface area contributed by atoms with Crippen molar-refractivity contribution in [3.63, 3.8) is 0 Å². The highest BCUT2D eigenvalue weighted by Gasteiger charge is 2.31. The van der Waals surface area contributed by atoms with Gasteiger partial charge in [-0.05, 0) is 31.5 Å². The lowest BCUT2D eigenvalue weighted by Gasteiger charge is -2.13. The van der Waals surface area contributed by atoms with Gasteiger partial charge in [0.2, 0.25) is 10.0 Å². The van der Waals surface area contributed by atoms with Crippen LogP contribution in [0.15, 0.2) is 18.2 Å². The Kier molecular flexibility index (Phi) is 4.64.